The summed E-state index contributed by atoms with van der Waals surface area (Å²) in [5.41, 5.74) is 1.21. The monoisotopic (exact) mass is 454 g/mol. The Labute approximate surface area is 185 Å². The van der Waals surface area contributed by atoms with Crippen molar-refractivity contribution in [1.29, 1.82) is 0 Å². The fraction of sp³-hybridized carbons (Fsp3) is 0.227. The summed E-state index contributed by atoms with van der Waals surface area (Å²) in [5.74, 6) is -1.46. The average molecular weight is 454 g/mol. The minimum Gasteiger partial charge on any atom is -0.457 e. The zero-order valence-corrected chi connectivity index (χ0v) is 17.8. The van der Waals surface area contributed by atoms with E-state index < -0.39 is 16.6 Å². The van der Waals surface area contributed by atoms with Crippen LogP contribution in [0.2, 0.25) is 0 Å². The van der Waals surface area contributed by atoms with Crippen molar-refractivity contribution in [1.82, 2.24) is 4.57 Å². The Kier molecular flexibility index (Phi) is 5.87. The third-order valence-electron chi connectivity index (χ3n) is 5.09. The SMILES string of the molecule is Cc1c(C(=O)COC(=O)CCCn2c(=O)oc3cc([N+](=O)[O-])ccc32)sc2ccccc12. The highest BCUT2D eigenvalue weighted by Gasteiger charge is 2.18. The molecule has 32 heavy (non-hydrogen) atoms. The van der Waals surface area contributed by atoms with Crippen LogP contribution in [0.1, 0.15) is 28.1 Å². The number of benzene rings is 2. The summed E-state index contributed by atoms with van der Waals surface area (Å²) in [4.78, 5) is 47.5. The van der Waals surface area contributed by atoms with Gasteiger partial charge in [-0.2, -0.15) is 0 Å². The van der Waals surface area contributed by atoms with Gasteiger partial charge in [0.25, 0.3) is 5.69 Å². The number of nitro groups is 1. The first-order valence-electron chi connectivity index (χ1n) is 9.80. The molecule has 2 heterocycles. The lowest BCUT2D eigenvalue weighted by molar-refractivity contribution is -0.384. The summed E-state index contributed by atoms with van der Waals surface area (Å²) in [6, 6.07) is 11.6. The molecule has 4 rings (SSSR count). The Hall–Kier alpha value is -3.79. The van der Waals surface area contributed by atoms with E-state index in [-0.39, 0.29) is 43.0 Å². The van der Waals surface area contributed by atoms with E-state index >= 15 is 0 Å². The summed E-state index contributed by atoms with van der Waals surface area (Å²) in [7, 11) is 0. The topological polar surface area (TPSA) is 122 Å². The van der Waals surface area contributed by atoms with Gasteiger partial charge in [0.05, 0.1) is 21.4 Å². The number of carbonyl (C=O) groups excluding carboxylic acids is 2. The maximum Gasteiger partial charge on any atom is 0.419 e. The second-order valence-electron chi connectivity index (χ2n) is 7.17. The van der Waals surface area contributed by atoms with Crippen molar-refractivity contribution in [2.75, 3.05) is 6.61 Å². The van der Waals surface area contributed by atoms with Crippen LogP contribution in [-0.4, -0.2) is 27.8 Å². The molecule has 0 saturated heterocycles. The molecule has 9 nitrogen and oxygen atoms in total. The van der Waals surface area contributed by atoms with Gasteiger partial charge in [0.15, 0.2) is 12.2 Å². The van der Waals surface area contributed by atoms with Gasteiger partial charge in [0, 0.05) is 23.7 Å². The number of esters is 1. The molecule has 0 atom stereocenters. The van der Waals surface area contributed by atoms with Crippen LogP contribution in [0.15, 0.2) is 51.7 Å². The molecule has 0 N–H and O–H groups in total. The zero-order chi connectivity index (χ0) is 22.8. The molecule has 4 aromatic rings. The standard InChI is InChI=1S/C22H18N2O7S/c1-13-15-5-2-3-6-19(15)32-21(13)17(25)12-30-20(26)7-4-10-23-16-9-8-14(24(28)29)11-18(16)31-22(23)27/h2-3,5-6,8-9,11H,4,7,10,12H2,1H3. The number of non-ortho nitro benzene ring substituents is 1. The lowest BCUT2D eigenvalue weighted by atomic mass is 10.1. The third kappa shape index (κ3) is 4.17. The fourth-order valence-corrected chi connectivity index (χ4v) is 4.62. The lowest BCUT2D eigenvalue weighted by Gasteiger charge is -2.05. The van der Waals surface area contributed by atoms with E-state index in [0.29, 0.717) is 10.4 Å². The van der Waals surface area contributed by atoms with Gasteiger partial charge in [0.1, 0.15) is 0 Å². The van der Waals surface area contributed by atoms with Crippen LogP contribution in [0.4, 0.5) is 5.69 Å². The number of hydrogen-bond donors (Lipinski definition) is 0. The summed E-state index contributed by atoms with van der Waals surface area (Å²) in [5, 5.41) is 11.9. The first-order valence-corrected chi connectivity index (χ1v) is 10.6. The minimum absolute atomic E-state index is 0.00473. The Morgan fingerprint density at radius 2 is 2.00 bits per heavy atom. The maximum absolute atomic E-state index is 12.5. The molecular weight excluding hydrogens is 436 g/mol. The molecule has 0 fully saturated rings. The largest absolute Gasteiger partial charge is 0.457 e. The van der Waals surface area contributed by atoms with Crippen molar-refractivity contribution in [2.45, 2.75) is 26.3 Å². The molecule has 0 radical (unpaired) electrons. The summed E-state index contributed by atoms with van der Waals surface area (Å²) < 4.78 is 12.5. The number of nitrogens with zero attached hydrogens (tertiary/aromatic N) is 2. The number of nitro benzene ring substituents is 1. The van der Waals surface area contributed by atoms with Gasteiger partial charge in [-0.3, -0.25) is 24.3 Å². The first kappa shape index (κ1) is 21.4. The molecule has 0 spiro atoms. The van der Waals surface area contributed by atoms with E-state index in [2.05, 4.69) is 0 Å². The Bertz CT molecular complexity index is 1410. The number of thiophene rings is 1. The highest BCUT2D eigenvalue weighted by Crippen LogP contribution is 2.30. The van der Waals surface area contributed by atoms with Crippen molar-refractivity contribution in [3.63, 3.8) is 0 Å². The summed E-state index contributed by atoms with van der Waals surface area (Å²) in [6.45, 7) is 1.70. The molecule has 2 aromatic heterocycles. The number of ketones is 1. The van der Waals surface area contributed by atoms with E-state index in [1.54, 1.807) is 0 Å². The fourth-order valence-electron chi connectivity index (χ4n) is 3.49. The number of rotatable bonds is 8. The molecule has 10 heteroatoms. The quantitative estimate of drug-likeness (QED) is 0.169. The predicted octanol–water partition coefficient (Wildman–Crippen LogP) is 4.23. The number of aromatic nitrogens is 1. The van der Waals surface area contributed by atoms with Crippen molar-refractivity contribution < 1.29 is 23.7 Å². The van der Waals surface area contributed by atoms with Crippen LogP contribution in [0.3, 0.4) is 0 Å². The third-order valence-corrected chi connectivity index (χ3v) is 6.40. The van der Waals surface area contributed by atoms with Crippen molar-refractivity contribution in [2.24, 2.45) is 0 Å². The predicted molar refractivity (Wildman–Crippen MR) is 118 cm³/mol. The molecule has 0 aliphatic heterocycles. The molecule has 0 amide bonds. The number of oxazole rings is 1. The molecule has 0 aliphatic rings. The smallest absolute Gasteiger partial charge is 0.419 e. The van der Waals surface area contributed by atoms with Crippen LogP contribution >= 0.6 is 11.3 Å². The van der Waals surface area contributed by atoms with E-state index in [1.165, 1.54) is 34.1 Å². The van der Waals surface area contributed by atoms with E-state index in [0.717, 1.165) is 15.6 Å². The zero-order valence-electron chi connectivity index (χ0n) is 17.0. The minimum atomic E-state index is -0.663. The van der Waals surface area contributed by atoms with E-state index in [4.69, 9.17) is 9.15 Å². The number of Topliss-reactive ketones (excluding diaryl/α,β-unsaturated/α-hetero) is 1. The molecule has 0 saturated carbocycles. The van der Waals surface area contributed by atoms with E-state index in [9.17, 15) is 24.5 Å². The van der Waals surface area contributed by atoms with Crippen molar-refractivity contribution in [3.8, 4) is 0 Å². The van der Waals surface area contributed by atoms with Crippen LogP contribution in [0.5, 0.6) is 0 Å². The number of aryl methyl sites for hydroxylation is 2. The van der Waals surface area contributed by atoms with Crippen LogP contribution in [0, 0.1) is 17.0 Å². The van der Waals surface area contributed by atoms with Crippen molar-refractivity contribution >= 4 is 50.0 Å². The van der Waals surface area contributed by atoms with Gasteiger partial charge < -0.3 is 9.15 Å². The highest BCUT2D eigenvalue weighted by molar-refractivity contribution is 7.21. The molecule has 0 unspecified atom stereocenters. The van der Waals surface area contributed by atoms with Gasteiger partial charge >= 0.3 is 11.7 Å². The maximum atomic E-state index is 12.5. The van der Waals surface area contributed by atoms with Crippen LogP contribution in [-0.2, 0) is 16.1 Å². The average Bonchev–Trinajstić information content (AvgIpc) is 3.28. The molecule has 164 valence electrons. The number of carbonyl (C=O) groups is 2. The van der Waals surface area contributed by atoms with Crippen molar-refractivity contribution in [3.05, 3.63) is 73.6 Å². The van der Waals surface area contributed by atoms with E-state index in [1.807, 2.05) is 31.2 Å². The molecule has 2 aromatic carbocycles. The van der Waals surface area contributed by atoms with Crippen LogP contribution < -0.4 is 5.76 Å². The highest BCUT2D eigenvalue weighted by atomic mass is 32.1. The molecular formula is C22H18N2O7S. The van der Waals surface area contributed by atoms with Gasteiger partial charge in [-0.25, -0.2) is 4.79 Å². The second-order valence-corrected chi connectivity index (χ2v) is 8.22. The Morgan fingerprint density at radius 3 is 2.75 bits per heavy atom. The second kappa shape index (κ2) is 8.75. The van der Waals surface area contributed by atoms with Gasteiger partial charge in [-0.15, -0.1) is 11.3 Å². The van der Waals surface area contributed by atoms with Crippen LogP contribution in [0.25, 0.3) is 21.2 Å². The normalized spacial score (nSPS) is 11.2. The summed E-state index contributed by atoms with van der Waals surface area (Å²) >= 11 is 1.37. The summed E-state index contributed by atoms with van der Waals surface area (Å²) in [6.07, 6.45) is 0.283. The van der Waals surface area contributed by atoms with Gasteiger partial charge in [-0.1, -0.05) is 18.2 Å². The Balaban J connectivity index is 1.33. The van der Waals surface area contributed by atoms with Gasteiger partial charge in [0.2, 0.25) is 5.78 Å². The molecule has 0 bridgehead atoms. The Morgan fingerprint density at radius 1 is 1.22 bits per heavy atom. The number of ether oxygens (including phenoxy) is 1. The number of hydrogen-bond acceptors (Lipinski definition) is 8. The molecule has 0 aliphatic carbocycles. The number of fused-ring (bicyclic) bond motifs is 2. The van der Waals surface area contributed by atoms with Gasteiger partial charge in [-0.05, 0) is 36.4 Å². The first-order chi connectivity index (χ1) is 15.3. The lowest BCUT2D eigenvalue weighted by Crippen LogP contribution is -2.17.